The van der Waals surface area contributed by atoms with E-state index in [0.29, 0.717) is 0 Å². The van der Waals surface area contributed by atoms with Gasteiger partial charge in [-0.2, -0.15) is 0 Å². The highest BCUT2D eigenvalue weighted by Crippen LogP contribution is 2.38. The molecule has 8 heteroatoms. The number of nitrogens with zero attached hydrogens (tertiary/aromatic N) is 1. The van der Waals surface area contributed by atoms with Crippen LogP contribution in [0, 0.1) is 0 Å². The second-order valence-corrected chi connectivity index (χ2v) is 9.61. The van der Waals surface area contributed by atoms with E-state index < -0.39 is 21.9 Å². The fourth-order valence-corrected chi connectivity index (χ4v) is 6.39. The van der Waals surface area contributed by atoms with Crippen molar-refractivity contribution in [2.45, 2.75) is 43.4 Å². The minimum atomic E-state index is -3.40. The van der Waals surface area contributed by atoms with Gasteiger partial charge >= 0.3 is 6.03 Å². The Balaban J connectivity index is 1.48. The van der Waals surface area contributed by atoms with E-state index >= 15 is 0 Å². The highest BCUT2D eigenvalue weighted by molar-refractivity contribution is 7.93. The molecule has 28 heavy (non-hydrogen) atoms. The molecule has 2 aromatic rings. The number of halogens is 1. The Kier molecular flexibility index (Phi) is 4.00. The predicted molar refractivity (Wildman–Crippen MR) is 107 cm³/mol. The van der Waals surface area contributed by atoms with Crippen LogP contribution in [-0.4, -0.2) is 16.1 Å². The Morgan fingerprint density at radius 1 is 1.07 bits per heavy atom. The molecule has 2 aromatic carbocycles. The van der Waals surface area contributed by atoms with E-state index in [9.17, 15) is 13.8 Å². The molecule has 0 aromatic heterocycles. The maximum Gasteiger partial charge on any atom is 0.331 e. The molecule has 1 aliphatic heterocycles. The summed E-state index contributed by atoms with van der Waals surface area (Å²) in [5, 5.41) is 3.10. The lowest BCUT2D eigenvalue weighted by Crippen LogP contribution is -2.34. The number of urea groups is 1. The summed E-state index contributed by atoms with van der Waals surface area (Å²) in [5.41, 5.74) is 5.87. The van der Waals surface area contributed by atoms with Crippen LogP contribution in [-0.2, 0) is 35.6 Å². The molecule has 0 fully saturated rings. The summed E-state index contributed by atoms with van der Waals surface area (Å²) >= 11 is 6.05. The van der Waals surface area contributed by atoms with Crippen LogP contribution < -0.4 is 10.0 Å². The van der Waals surface area contributed by atoms with Gasteiger partial charge in [0.15, 0.2) is 9.92 Å². The first-order valence-electron chi connectivity index (χ1n) is 9.31. The van der Waals surface area contributed by atoms with Gasteiger partial charge in [-0.1, -0.05) is 23.7 Å². The highest BCUT2D eigenvalue weighted by Gasteiger charge is 2.33. The van der Waals surface area contributed by atoms with Gasteiger partial charge in [-0.3, -0.25) is 4.79 Å². The Morgan fingerprint density at radius 2 is 1.75 bits per heavy atom. The number of nitrogens with one attached hydrogen (secondary N) is 2. The van der Waals surface area contributed by atoms with E-state index in [4.69, 9.17) is 11.6 Å². The molecule has 1 atom stereocenters. The number of aryl methyl sites for hydroxylation is 2. The molecular weight excluding hydrogens is 398 g/mol. The van der Waals surface area contributed by atoms with Crippen LogP contribution >= 0.6 is 11.6 Å². The smallest absolute Gasteiger partial charge is 0.307 e. The minimum Gasteiger partial charge on any atom is -0.307 e. The molecule has 1 unspecified atom stereocenters. The number of anilines is 1. The predicted octanol–water partition coefficient (Wildman–Crippen LogP) is 4.03. The molecule has 3 aliphatic rings. The standard InChI is InChI=1S/C20H18ClN3O3S/c21-15-8-3-9-16-17(15)19(25)23-28(16,27)24-20(26)22-18-13-6-1-4-11(13)10-12-5-2-7-14(12)18/h3,8-10H,1-2,4-7H2,(H2,22,23,24,25,26,27). The van der Waals surface area contributed by atoms with Crippen LogP contribution in [0.3, 0.4) is 0 Å². The van der Waals surface area contributed by atoms with Gasteiger partial charge in [-0.25, -0.2) is 13.7 Å². The van der Waals surface area contributed by atoms with Crippen molar-refractivity contribution in [2.24, 2.45) is 4.36 Å². The van der Waals surface area contributed by atoms with Crippen molar-refractivity contribution in [3.8, 4) is 0 Å². The lowest BCUT2D eigenvalue weighted by atomic mass is 9.99. The topological polar surface area (TPSA) is 87.6 Å². The van der Waals surface area contributed by atoms with E-state index in [1.54, 1.807) is 6.07 Å². The summed E-state index contributed by atoms with van der Waals surface area (Å²) in [6, 6.07) is 6.29. The molecule has 6 nitrogen and oxygen atoms in total. The van der Waals surface area contributed by atoms with E-state index in [2.05, 4.69) is 20.5 Å². The van der Waals surface area contributed by atoms with E-state index in [-0.39, 0.29) is 15.5 Å². The maximum atomic E-state index is 13.2. The van der Waals surface area contributed by atoms with Crippen molar-refractivity contribution >= 4 is 39.1 Å². The van der Waals surface area contributed by atoms with Crippen LogP contribution in [0.2, 0.25) is 5.02 Å². The third kappa shape index (κ3) is 2.64. The zero-order valence-corrected chi connectivity index (χ0v) is 16.6. The average Bonchev–Trinajstić information content (AvgIpc) is 3.34. The van der Waals surface area contributed by atoms with Gasteiger partial charge in [-0.05, 0) is 72.9 Å². The normalized spacial score (nSPS) is 21.7. The maximum absolute atomic E-state index is 13.2. The summed E-state index contributed by atoms with van der Waals surface area (Å²) in [5.74, 6) is -0.674. The van der Waals surface area contributed by atoms with Crippen molar-refractivity contribution in [1.29, 1.82) is 0 Å². The van der Waals surface area contributed by atoms with Gasteiger partial charge in [0.25, 0.3) is 5.91 Å². The number of hydrogen-bond donors (Lipinski definition) is 2. The van der Waals surface area contributed by atoms with Crippen LogP contribution in [0.4, 0.5) is 10.5 Å². The molecule has 0 bridgehead atoms. The number of benzene rings is 2. The average molecular weight is 416 g/mol. The summed E-state index contributed by atoms with van der Waals surface area (Å²) in [4.78, 5) is 25.1. The Bertz CT molecular complexity index is 1150. The van der Waals surface area contributed by atoms with Crippen molar-refractivity contribution < 1.29 is 13.8 Å². The van der Waals surface area contributed by atoms with Gasteiger partial charge in [0, 0.05) is 5.69 Å². The Hall–Kier alpha value is -2.38. The fraction of sp³-hybridized carbons (Fsp3) is 0.300. The van der Waals surface area contributed by atoms with Gasteiger partial charge in [0.2, 0.25) is 0 Å². The lowest BCUT2D eigenvalue weighted by molar-refractivity contribution is 0.101. The van der Waals surface area contributed by atoms with Crippen LogP contribution in [0.15, 0.2) is 33.5 Å². The van der Waals surface area contributed by atoms with E-state index in [1.807, 2.05) is 0 Å². The minimum absolute atomic E-state index is 0.0935. The van der Waals surface area contributed by atoms with E-state index in [1.165, 1.54) is 34.4 Å². The monoisotopic (exact) mass is 415 g/mol. The lowest BCUT2D eigenvalue weighted by Gasteiger charge is -2.17. The summed E-state index contributed by atoms with van der Waals surface area (Å²) < 4.78 is 19.4. The first-order chi connectivity index (χ1) is 13.5. The van der Waals surface area contributed by atoms with Gasteiger partial charge < -0.3 is 5.32 Å². The SMILES string of the molecule is O=C(Nc1c2c(cc3c1CCC3)CCC2)NS1(=O)=NC(=O)c2c(Cl)cccc21. The molecule has 2 N–H and O–H groups in total. The van der Waals surface area contributed by atoms with Crippen LogP contribution in [0.5, 0.6) is 0 Å². The van der Waals surface area contributed by atoms with Crippen LogP contribution in [0.25, 0.3) is 0 Å². The third-order valence-electron chi connectivity index (χ3n) is 5.64. The summed E-state index contributed by atoms with van der Waals surface area (Å²) in [6.45, 7) is 0. The second-order valence-electron chi connectivity index (χ2n) is 7.33. The Labute approximate surface area is 168 Å². The molecule has 1 heterocycles. The summed E-state index contributed by atoms with van der Waals surface area (Å²) in [7, 11) is -3.40. The molecule has 0 radical (unpaired) electrons. The van der Waals surface area contributed by atoms with E-state index in [0.717, 1.165) is 44.2 Å². The zero-order chi connectivity index (χ0) is 19.5. The van der Waals surface area contributed by atoms with Gasteiger partial charge in [0.1, 0.15) is 0 Å². The van der Waals surface area contributed by atoms with Crippen molar-refractivity contribution in [3.05, 3.63) is 57.1 Å². The highest BCUT2D eigenvalue weighted by atomic mass is 35.5. The number of carbonyl (C=O) groups excluding carboxylic acids is 2. The van der Waals surface area contributed by atoms with Gasteiger partial charge in [0.05, 0.1) is 15.5 Å². The molecule has 0 saturated carbocycles. The molecule has 0 saturated heterocycles. The quantitative estimate of drug-likeness (QED) is 0.776. The molecule has 5 rings (SSSR count). The fourth-order valence-electron chi connectivity index (χ4n) is 4.46. The first kappa shape index (κ1) is 17.7. The van der Waals surface area contributed by atoms with Gasteiger partial charge in [-0.15, -0.1) is 4.36 Å². The Morgan fingerprint density at radius 3 is 2.43 bits per heavy atom. The number of fused-ring (bicyclic) bond motifs is 3. The molecular formula is C20H18ClN3O3S. The van der Waals surface area contributed by atoms with Crippen LogP contribution in [0.1, 0.15) is 45.5 Å². The number of hydrogen-bond acceptors (Lipinski definition) is 3. The summed E-state index contributed by atoms with van der Waals surface area (Å²) in [6.07, 6.45) is 6.03. The van der Waals surface area contributed by atoms with Crippen molar-refractivity contribution in [1.82, 2.24) is 4.72 Å². The molecule has 0 spiro atoms. The zero-order valence-electron chi connectivity index (χ0n) is 15.0. The largest absolute Gasteiger partial charge is 0.331 e. The van der Waals surface area contributed by atoms with Crippen molar-refractivity contribution in [3.63, 3.8) is 0 Å². The molecule has 2 aliphatic carbocycles. The number of rotatable bonds is 2. The number of amides is 3. The molecule has 3 amide bonds. The third-order valence-corrected chi connectivity index (χ3v) is 7.78. The van der Waals surface area contributed by atoms with Crippen molar-refractivity contribution in [2.75, 3.05) is 5.32 Å². The number of carbonyl (C=O) groups is 2. The first-order valence-corrected chi connectivity index (χ1v) is 11.2. The molecule has 144 valence electrons. The second kappa shape index (κ2) is 6.32.